The second kappa shape index (κ2) is 9.09. The molecule has 0 atom stereocenters. The van der Waals surface area contributed by atoms with E-state index in [0.29, 0.717) is 18.9 Å². The molecule has 0 unspecified atom stereocenters. The third-order valence-corrected chi connectivity index (χ3v) is 5.48. The zero-order valence-electron chi connectivity index (χ0n) is 17.0. The topological polar surface area (TPSA) is 66.7 Å². The molecule has 0 aliphatic carbocycles. The van der Waals surface area contributed by atoms with Gasteiger partial charge in [-0.2, -0.15) is 13.2 Å². The zero-order valence-corrected chi connectivity index (χ0v) is 17.0. The van der Waals surface area contributed by atoms with Crippen LogP contribution in [0.1, 0.15) is 25.3 Å². The van der Waals surface area contributed by atoms with E-state index in [2.05, 4.69) is 0 Å². The van der Waals surface area contributed by atoms with Crippen LogP contribution in [0.5, 0.6) is 0 Å². The van der Waals surface area contributed by atoms with E-state index in [1.165, 1.54) is 11.0 Å². The predicted octanol–water partition coefficient (Wildman–Crippen LogP) is 5.16. The summed E-state index contributed by atoms with van der Waals surface area (Å²) in [4.78, 5) is 26.4. The SMILES string of the molecule is CCN(C(=O)C1CCN(c2ccc(C(F)(F)F)cc2[N+](=O)[O-])CC1)c1ccc(F)c(F)c1. The third kappa shape index (κ3) is 4.81. The van der Waals surface area contributed by atoms with Gasteiger partial charge in [-0.15, -0.1) is 0 Å². The van der Waals surface area contributed by atoms with Crippen molar-refractivity contribution in [1.29, 1.82) is 0 Å². The number of halogens is 5. The van der Waals surface area contributed by atoms with Crippen molar-refractivity contribution in [2.45, 2.75) is 25.9 Å². The summed E-state index contributed by atoms with van der Waals surface area (Å²) in [5.74, 6) is -2.85. The van der Waals surface area contributed by atoms with Crippen LogP contribution in [-0.4, -0.2) is 30.5 Å². The minimum atomic E-state index is -4.70. The van der Waals surface area contributed by atoms with Crippen LogP contribution in [0.4, 0.5) is 39.0 Å². The van der Waals surface area contributed by atoms with Crippen LogP contribution in [-0.2, 0) is 11.0 Å². The maximum absolute atomic E-state index is 13.6. The summed E-state index contributed by atoms with van der Waals surface area (Å²) in [6.45, 7) is 2.37. The highest BCUT2D eigenvalue weighted by Crippen LogP contribution is 2.38. The number of carbonyl (C=O) groups is 1. The van der Waals surface area contributed by atoms with Gasteiger partial charge in [0.05, 0.1) is 10.5 Å². The fourth-order valence-corrected chi connectivity index (χ4v) is 3.82. The van der Waals surface area contributed by atoms with Crippen LogP contribution in [0.25, 0.3) is 0 Å². The van der Waals surface area contributed by atoms with Gasteiger partial charge in [0.15, 0.2) is 11.6 Å². The zero-order chi connectivity index (χ0) is 23.6. The maximum atomic E-state index is 13.6. The van der Waals surface area contributed by atoms with E-state index in [0.717, 1.165) is 24.3 Å². The molecule has 0 radical (unpaired) electrons. The molecular weight excluding hydrogens is 437 g/mol. The van der Waals surface area contributed by atoms with Crippen molar-refractivity contribution < 1.29 is 31.7 Å². The summed E-state index contributed by atoms with van der Waals surface area (Å²) >= 11 is 0. The fourth-order valence-electron chi connectivity index (χ4n) is 3.82. The van der Waals surface area contributed by atoms with Crippen LogP contribution in [0.3, 0.4) is 0 Å². The number of benzene rings is 2. The lowest BCUT2D eigenvalue weighted by Crippen LogP contribution is -2.43. The molecule has 0 bridgehead atoms. The Bertz CT molecular complexity index is 1020. The Kier molecular flexibility index (Phi) is 6.65. The fraction of sp³-hybridized carbons (Fsp3) is 0.381. The number of alkyl halides is 3. The van der Waals surface area contributed by atoms with Crippen LogP contribution in [0.2, 0.25) is 0 Å². The van der Waals surface area contributed by atoms with E-state index in [-0.39, 0.29) is 36.9 Å². The standard InChI is InChI=1S/C21H20F5N3O3/c1-2-28(15-4-5-16(22)17(23)12-15)20(30)13-7-9-27(10-8-13)18-6-3-14(21(24,25)26)11-19(18)29(31)32/h3-6,11-13H,2,7-10H2,1H3. The molecule has 0 aromatic heterocycles. The quantitative estimate of drug-likeness (QED) is 0.353. The smallest absolute Gasteiger partial charge is 0.366 e. The molecule has 0 spiro atoms. The Hall–Kier alpha value is -3.24. The largest absolute Gasteiger partial charge is 0.416 e. The number of piperidine rings is 1. The van der Waals surface area contributed by atoms with Crippen LogP contribution in [0.15, 0.2) is 36.4 Å². The second-order valence-corrected chi connectivity index (χ2v) is 7.40. The third-order valence-electron chi connectivity index (χ3n) is 5.48. The molecule has 0 saturated carbocycles. The van der Waals surface area contributed by atoms with Crippen molar-refractivity contribution in [2.24, 2.45) is 5.92 Å². The number of nitro groups is 1. The predicted molar refractivity (Wildman–Crippen MR) is 107 cm³/mol. The average Bonchev–Trinajstić information content (AvgIpc) is 2.75. The molecule has 32 heavy (non-hydrogen) atoms. The molecule has 2 aromatic carbocycles. The summed E-state index contributed by atoms with van der Waals surface area (Å²) in [5, 5.41) is 11.3. The molecule has 1 fully saturated rings. The number of anilines is 2. The monoisotopic (exact) mass is 457 g/mol. The highest BCUT2D eigenvalue weighted by atomic mass is 19.4. The van der Waals surface area contributed by atoms with Gasteiger partial charge in [0.25, 0.3) is 5.69 Å². The Balaban J connectivity index is 1.75. The van der Waals surface area contributed by atoms with Gasteiger partial charge in [0, 0.05) is 43.4 Å². The molecule has 172 valence electrons. The first-order valence-electron chi connectivity index (χ1n) is 9.90. The first-order chi connectivity index (χ1) is 15.0. The Morgan fingerprint density at radius 2 is 1.78 bits per heavy atom. The summed E-state index contributed by atoms with van der Waals surface area (Å²) < 4.78 is 65.5. The van der Waals surface area contributed by atoms with Crippen molar-refractivity contribution in [3.05, 3.63) is 63.7 Å². The van der Waals surface area contributed by atoms with Crippen molar-refractivity contribution in [1.82, 2.24) is 0 Å². The summed E-state index contributed by atoms with van der Waals surface area (Å²) in [7, 11) is 0. The number of amides is 1. The van der Waals surface area contributed by atoms with Gasteiger partial charge in [0.2, 0.25) is 5.91 Å². The Morgan fingerprint density at radius 3 is 2.31 bits per heavy atom. The average molecular weight is 457 g/mol. The molecule has 1 saturated heterocycles. The first-order valence-corrected chi connectivity index (χ1v) is 9.90. The van der Waals surface area contributed by atoms with E-state index < -0.39 is 39.9 Å². The molecule has 3 rings (SSSR count). The number of nitro benzene ring substituents is 1. The van der Waals surface area contributed by atoms with Crippen molar-refractivity contribution in [3.63, 3.8) is 0 Å². The highest BCUT2D eigenvalue weighted by Gasteiger charge is 2.35. The van der Waals surface area contributed by atoms with E-state index in [4.69, 9.17) is 0 Å². The lowest BCUT2D eigenvalue weighted by Gasteiger charge is -2.35. The molecule has 1 aliphatic heterocycles. The number of nitrogens with zero attached hydrogens (tertiary/aromatic N) is 3. The molecular formula is C21H20F5N3O3. The van der Waals surface area contributed by atoms with Crippen molar-refractivity contribution >= 4 is 23.0 Å². The first kappa shape index (κ1) is 23.4. The molecule has 0 N–H and O–H groups in total. The van der Waals surface area contributed by atoms with Gasteiger partial charge in [-0.25, -0.2) is 8.78 Å². The van der Waals surface area contributed by atoms with Crippen molar-refractivity contribution in [2.75, 3.05) is 29.4 Å². The van der Waals surface area contributed by atoms with Gasteiger partial charge >= 0.3 is 6.18 Å². The van der Waals surface area contributed by atoms with E-state index in [1.807, 2.05) is 0 Å². The van der Waals surface area contributed by atoms with Crippen LogP contribution in [0, 0.1) is 27.7 Å². The van der Waals surface area contributed by atoms with Gasteiger partial charge in [-0.1, -0.05) is 0 Å². The Morgan fingerprint density at radius 1 is 1.12 bits per heavy atom. The minimum absolute atomic E-state index is 0.0573. The highest BCUT2D eigenvalue weighted by molar-refractivity contribution is 5.95. The second-order valence-electron chi connectivity index (χ2n) is 7.40. The molecule has 1 aliphatic rings. The molecule has 1 heterocycles. The van der Waals surface area contributed by atoms with Gasteiger partial charge < -0.3 is 9.80 Å². The lowest BCUT2D eigenvalue weighted by molar-refractivity contribution is -0.384. The maximum Gasteiger partial charge on any atom is 0.416 e. The molecule has 11 heteroatoms. The molecule has 2 aromatic rings. The number of rotatable bonds is 5. The lowest BCUT2D eigenvalue weighted by atomic mass is 9.94. The van der Waals surface area contributed by atoms with Crippen molar-refractivity contribution in [3.8, 4) is 0 Å². The van der Waals surface area contributed by atoms with Crippen LogP contribution < -0.4 is 9.80 Å². The summed E-state index contributed by atoms with van der Waals surface area (Å²) in [5.41, 5.74) is -1.48. The van der Waals surface area contributed by atoms with Crippen LogP contribution >= 0.6 is 0 Å². The van der Waals surface area contributed by atoms with E-state index in [1.54, 1.807) is 11.8 Å². The Labute approximate surface area is 180 Å². The minimum Gasteiger partial charge on any atom is -0.366 e. The van der Waals surface area contributed by atoms with E-state index >= 15 is 0 Å². The number of hydrogen-bond acceptors (Lipinski definition) is 4. The molecule has 1 amide bonds. The number of carbonyl (C=O) groups excluding carboxylic acids is 1. The summed E-state index contributed by atoms with van der Waals surface area (Å²) in [6, 6.07) is 5.56. The van der Waals surface area contributed by atoms with Gasteiger partial charge in [-0.3, -0.25) is 14.9 Å². The van der Waals surface area contributed by atoms with E-state index in [9.17, 15) is 36.9 Å². The normalized spacial score (nSPS) is 15.0. The van der Waals surface area contributed by atoms with Gasteiger partial charge in [-0.05, 0) is 44.0 Å². The van der Waals surface area contributed by atoms with Gasteiger partial charge in [0.1, 0.15) is 5.69 Å². The number of hydrogen-bond donors (Lipinski definition) is 0. The molecule has 6 nitrogen and oxygen atoms in total. The summed E-state index contributed by atoms with van der Waals surface area (Å²) in [6.07, 6.45) is -4.10.